The molecule has 0 aliphatic carbocycles. The van der Waals surface area contributed by atoms with Crippen LogP contribution in [0.5, 0.6) is 0 Å². The number of nitrogens with two attached hydrogens (primary N) is 3. The molecule has 0 rings (SSSR count). The van der Waals surface area contributed by atoms with Crippen molar-refractivity contribution >= 4 is 35.6 Å². The lowest BCUT2D eigenvalue weighted by molar-refractivity contribution is -0.143. The molecule has 15 nitrogen and oxygen atoms in total. The maximum absolute atomic E-state index is 12.6. The van der Waals surface area contributed by atoms with E-state index in [0.717, 1.165) is 0 Å². The summed E-state index contributed by atoms with van der Waals surface area (Å²) in [6, 6.07) is -5.20. The molecular formula is C20H37N7O8. The van der Waals surface area contributed by atoms with Crippen LogP contribution < -0.4 is 33.2 Å². The second kappa shape index (κ2) is 16.2. The van der Waals surface area contributed by atoms with Gasteiger partial charge in [0.2, 0.25) is 17.7 Å². The molecular weight excluding hydrogens is 466 g/mol. The highest BCUT2D eigenvalue weighted by Crippen LogP contribution is 2.07. The van der Waals surface area contributed by atoms with Gasteiger partial charge in [-0.25, -0.2) is 4.79 Å². The van der Waals surface area contributed by atoms with Crippen molar-refractivity contribution in [2.24, 2.45) is 28.1 Å². The highest BCUT2D eigenvalue weighted by molar-refractivity contribution is 5.94. The van der Waals surface area contributed by atoms with E-state index in [2.05, 4.69) is 20.9 Å². The Morgan fingerprint density at radius 3 is 1.89 bits per heavy atom. The number of hydrogen-bond acceptors (Lipinski definition) is 8. The molecule has 35 heavy (non-hydrogen) atoms. The van der Waals surface area contributed by atoms with Crippen LogP contribution in [0, 0.1) is 5.92 Å². The number of amides is 3. The zero-order chi connectivity index (χ0) is 27.1. The molecule has 4 unspecified atom stereocenters. The van der Waals surface area contributed by atoms with Gasteiger partial charge in [0.1, 0.15) is 18.1 Å². The maximum atomic E-state index is 12.6. The average molecular weight is 504 g/mol. The molecule has 0 fully saturated rings. The second-order valence-electron chi connectivity index (χ2n) is 8.32. The summed E-state index contributed by atoms with van der Waals surface area (Å²) < 4.78 is 0. The summed E-state index contributed by atoms with van der Waals surface area (Å²) in [5.74, 6) is -5.35. The fraction of sp³-hybridized carbons (Fsp3) is 0.700. The summed E-state index contributed by atoms with van der Waals surface area (Å²) in [5.41, 5.74) is 16.2. The zero-order valence-electron chi connectivity index (χ0n) is 19.9. The van der Waals surface area contributed by atoms with Crippen LogP contribution in [-0.2, 0) is 24.0 Å². The van der Waals surface area contributed by atoms with Crippen molar-refractivity contribution in [1.29, 1.82) is 0 Å². The van der Waals surface area contributed by atoms with Crippen LogP contribution >= 0.6 is 0 Å². The summed E-state index contributed by atoms with van der Waals surface area (Å²) in [7, 11) is 0. The summed E-state index contributed by atoms with van der Waals surface area (Å²) in [4.78, 5) is 63.7. The van der Waals surface area contributed by atoms with Gasteiger partial charge in [-0.05, 0) is 31.6 Å². The molecule has 0 heterocycles. The van der Waals surface area contributed by atoms with Gasteiger partial charge >= 0.3 is 11.9 Å². The highest BCUT2D eigenvalue weighted by Gasteiger charge is 2.30. The Morgan fingerprint density at radius 2 is 1.40 bits per heavy atom. The lowest BCUT2D eigenvalue weighted by atomic mass is 10.0. The number of carboxylic acids is 2. The van der Waals surface area contributed by atoms with E-state index in [0.29, 0.717) is 6.42 Å². The molecule has 4 atom stereocenters. The first-order chi connectivity index (χ1) is 16.3. The fourth-order valence-corrected chi connectivity index (χ4v) is 2.90. The molecule has 0 aliphatic heterocycles. The minimum atomic E-state index is -1.49. The van der Waals surface area contributed by atoms with Crippen molar-refractivity contribution in [3.63, 3.8) is 0 Å². The summed E-state index contributed by atoms with van der Waals surface area (Å²) >= 11 is 0. The first-order valence-corrected chi connectivity index (χ1v) is 11.1. The number of aliphatic hydroxyl groups excluding tert-OH is 1. The lowest BCUT2D eigenvalue weighted by Crippen LogP contribution is -2.58. The molecule has 0 spiro atoms. The van der Waals surface area contributed by atoms with E-state index in [-0.39, 0.29) is 37.7 Å². The average Bonchev–Trinajstić information content (AvgIpc) is 2.75. The number of hydrogen-bond donors (Lipinski definition) is 9. The number of rotatable bonds is 17. The molecule has 0 aromatic rings. The Hall–Kier alpha value is -3.46. The van der Waals surface area contributed by atoms with Gasteiger partial charge in [-0.1, -0.05) is 13.8 Å². The normalized spacial score (nSPS) is 14.2. The van der Waals surface area contributed by atoms with Crippen molar-refractivity contribution in [3.05, 3.63) is 0 Å². The second-order valence-corrected chi connectivity index (χ2v) is 8.32. The topological polar surface area (TPSA) is 273 Å². The number of aliphatic hydroxyl groups is 1. The van der Waals surface area contributed by atoms with Gasteiger partial charge in [-0.2, -0.15) is 0 Å². The summed E-state index contributed by atoms with van der Waals surface area (Å²) in [6.07, 6.45) is -0.190. The third kappa shape index (κ3) is 13.7. The number of carbonyl (C=O) groups excluding carboxylic acids is 3. The van der Waals surface area contributed by atoms with Crippen molar-refractivity contribution in [1.82, 2.24) is 16.0 Å². The fourth-order valence-electron chi connectivity index (χ4n) is 2.90. The number of nitrogens with one attached hydrogen (secondary N) is 3. The molecule has 0 saturated carbocycles. The number of aliphatic carboxylic acids is 2. The maximum Gasteiger partial charge on any atom is 0.326 e. The zero-order valence-corrected chi connectivity index (χ0v) is 19.9. The van der Waals surface area contributed by atoms with Crippen LogP contribution in [0.25, 0.3) is 0 Å². The third-order valence-electron chi connectivity index (χ3n) is 4.72. The van der Waals surface area contributed by atoms with Gasteiger partial charge < -0.3 is 48.5 Å². The van der Waals surface area contributed by atoms with E-state index in [1.54, 1.807) is 13.8 Å². The van der Waals surface area contributed by atoms with E-state index in [9.17, 15) is 34.2 Å². The van der Waals surface area contributed by atoms with Crippen LogP contribution in [0.4, 0.5) is 0 Å². The van der Waals surface area contributed by atoms with E-state index >= 15 is 0 Å². The molecule has 15 heteroatoms. The Labute approximate surface area is 202 Å². The number of nitrogens with zero attached hydrogens (tertiary/aromatic N) is 1. The Balaban J connectivity index is 5.22. The largest absolute Gasteiger partial charge is 0.481 e. The van der Waals surface area contributed by atoms with Crippen LogP contribution in [-0.4, -0.2) is 88.3 Å². The number of carbonyl (C=O) groups is 5. The molecule has 0 aromatic heterocycles. The Bertz CT molecular complexity index is 771. The number of aliphatic imine (C=N–C) groups is 1. The molecule has 0 saturated heterocycles. The van der Waals surface area contributed by atoms with Crippen molar-refractivity contribution in [2.45, 2.75) is 70.1 Å². The molecule has 200 valence electrons. The van der Waals surface area contributed by atoms with Gasteiger partial charge in [0, 0.05) is 13.0 Å². The summed E-state index contributed by atoms with van der Waals surface area (Å²) in [6.45, 7) is 2.91. The van der Waals surface area contributed by atoms with Gasteiger partial charge in [0.25, 0.3) is 0 Å². The Kier molecular flexibility index (Phi) is 14.6. The van der Waals surface area contributed by atoms with Gasteiger partial charge in [-0.3, -0.25) is 24.2 Å². The van der Waals surface area contributed by atoms with Crippen molar-refractivity contribution < 1.29 is 39.3 Å². The molecule has 3 amide bonds. The lowest BCUT2D eigenvalue weighted by Gasteiger charge is -2.24. The first-order valence-electron chi connectivity index (χ1n) is 11.1. The van der Waals surface area contributed by atoms with Crippen molar-refractivity contribution in [3.8, 4) is 0 Å². The number of guanidine groups is 1. The molecule has 12 N–H and O–H groups in total. The van der Waals surface area contributed by atoms with Gasteiger partial charge in [0.15, 0.2) is 5.96 Å². The van der Waals surface area contributed by atoms with Gasteiger partial charge in [0.05, 0.1) is 12.6 Å². The SMILES string of the molecule is CC(C)CC(NC(=O)C(CCC(=O)O)NC(=O)C(CO)NC(=O)C(N)CCCN=C(N)N)C(=O)O. The van der Waals surface area contributed by atoms with Crippen LogP contribution in [0.3, 0.4) is 0 Å². The molecule has 0 radical (unpaired) electrons. The molecule has 0 aliphatic rings. The van der Waals surface area contributed by atoms with Crippen LogP contribution in [0.2, 0.25) is 0 Å². The quantitative estimate of drug-likeness (QED) is 0.0541. The molecule has 0 aromatic carbocycles. The summed E-state index contributed by atoms with van der Waals surface area (Å²) in [5, 5.41) is 34.6. The number of carboxylic acid groups (broad SMARTS) is 2. The third-order valence-corrected chi connectivity index (χ3v) is 4.72. The predicted molar refractivity (Wildman–Crippen MR) is 125 cm³/mol. The smallest absolute Gasteiger partial charge is 0.326 e. The molecule has 0 bridgehead atoms. The van der Waals surface area contributed by atoms with Gasteiger partial charge in [-0.15, -0.1) is 0 Å². The van der Waals surface area contributed by atoms with Crippen LogP contribution in [0.15, 0.2) is 4.99 Å². The van der Waals surface area contributed by atoms with E-state index in [1.807, 2.05) is 0 Å². The predicted octanol–water partition coefficient (Wildman–Crippen LogP) is -3.19. The minimum absolute atomic E-state index is 0.0684. The van der Waals surface area contributed by atoms with E-state index in [1.165, 1.54) is 0 Å². The van der Waals surface area contributed by atoms with E-state index in [4.69, 9.17) is 22.3 Å². The van der Waals surface area contributed by atoms with E-state index < -0.39 is 66.9 Å². The minimum Gasteiger partial charge on any atom is -0.481 e. The van der Waals surface area contributed by atoms with Crippen LogP contribution in [0.1, 0.15) is 46.0 Å². The Morgan fingerprint density at radius 1 is 0.857 bits per heavy atom. The highest BCUT2D eigenvalue weighted by atomic mass is 16.4. The first kappa shape index (κ1) is 31.5. The standard InChI is InChI=1S/C20H37N7O8/c1-10(2)8-13(19(34)35)26-17(32)12(5-6-15(29)30)25-18(33)14(9-28)27-16(31)11(21)4-3-7-24-20(22)23/h10-14,28H,3-9,21H2,1-2H3,(H,25,33)(H,26,32)(H,27,31)(H,29,30)(H,34,35)(H4,22,23,24). The van der Waals surface area contributed by atoms with Crippen molar-refractivity contribution in [2.75, 3.05) is 13.2 Å². The monoisotopic (exact) mass is 503 g/mol.